The second kappa shape index (κ2) is 7.48. The normalized spacial score (nSPS) is 10.7. The number of aromatic nitrogens is 2. The van der Waals surface area contributed by atoms with E-state index in [-0.39, 0.29) is 5.91 Å². The van der Waals surface area contributed by atoms with Gasteiger partial charge in [-0.15, -0.1) is 22.7 Å². The number of carbonyl (C=O) groups is 1. The highest BCUT2D eigenvalue weighted by atomic mass is 32.1. The Labute approximate surface area is 143 Å². The minimum atomic E-state index is 0.110. The highest BCUT2D eigenvalue weighted by Gasteiger charge is 2.15. The summed E-state index contributed by atoms with van der Waals surface area (Å²) in [5.41, 5.74) is 1.66. The van der Waals surface area contributed by atoms with Gasteiger partial charge >= 0.3 is 0 Å². The largest absolute Gasteiger partial charge is 0.337 e. The Hall–Kier alpha value is -2.05. The van der Waals surface area contributed by atoms with Crippen molar-refractivity contribution in [1.82, 2.24) is 14.9 Å². The van der Waals surface area contributed by atoms with Crippen LogP contribution in [0.25, 0.3) is 10.7 Å². The lowest BCUT2D eigenvalue weighted by atomic mass is 10.3. The Balaban J connectivity index is 1.66. The fraction of sp³-hybridized carbons (Fsp3) is 0.235. The number of nitrogens with zero attached hydrogens (tertiary/aromatic N) is 3. The standard InChI is InChI=1S/C17H17N3OS2/c1-2-20(11-14-6-5-9-22-14)16(21)10-13-12-23-17(19-13)15-7-3-4-8-18-15/h3-9,12H,2,10-11H2,1H3. The Kier molecular flexibility index (Phi) is 5.15. The monoisotopic (exact) mass is 343 g/mol. The molecule has 0 aliphatic carbocycles. The number of hydrogen-bond donors (Lipinski definition) is 0. The molecular weight excluding hydrogens is 326 g/mol. The van der Waals surface area contributed by atoms with Crippen LogP contribution in [0, 0.1) is 0 Å². The van der Waals surface area contributed by atoms with Crippen molar-refractivity contribution in [3.8, 4) is 10.7 Å². The first kappa shape index (κ1) is 15.8. The fourth-order valence-corrected chi connectivity index (χ4v) is 3.74. The van der Waals surface area contributed by atoms with Crippen LogP contribution in [0.3, 0.4) is 0 Å². The smallest absolute Gasteiger partial charge is 0.228 e. The second-order valence-corrected chi connectivity index (χ2v) is 6.91. The van der Waals surface area contributed by atoms with E-state index >= 15 is 0 Å². The number of amides is 1. The van der Waals surface area contributed by atoms with Crippen LogP contribution >= 0.6 is 22.7 Å². The van der Waals surface area contributed by atoms with E-state index < -0.39 is 0 Å². The van der Waals surface area contributed by atoms with Crippen LogP contribution in [0.4, 0.5) is 0 Å². The molecule has 0 spiro atoms. The predicted octanol–water partition coefficient (Wildman–Crippen LogP) is 3.86. The van der Waals surface area contributed by atoms with Crippen LogP contribution in [-0.2, 0) is 17.8 Å². The van der Waals surface area contributed by atoms with E-state index in [0.29, 0.717) is 19.5 Å². The first-order chi connectivity index (χ1) is 11.3. The molecule has 1 amide bonds. The summed E-state index contributed by atoms with van der Waals surface area (Å²) in [6, 6.07) is 9.82. The molecule has 0 saturated carbocycles. The van der Waals surface area contributed by atoms with Crippen LogP contribution < -0.4 is 0 Å². The van der Waals surface area contributed by atoms with Gasteiger partial charge in [0.15, 0.2) is 0 Å². The van der Waals surface area contributed by atoms with Crippen molar-refractivity contribution in [2.75, 3.05) is 6.54 Å². The summed E-state index contributed by atoms with van der Waals surface area (Å²) >= 11 is 3.20. The summed E-state index contributed by atoms with van der Waals surface area (Å²) in [5.74, 6) is 0.110. The molecule has 0 bridgehead atoms. The van der Waals surface area contributed by atoms with Crippen molar-refractivity contribution in [3.05, 3.63) is 57.9 Å². The molecule has 0 aliphatic heterocycles. The number of thiophene rings is 1. The van der Waals surface area contributed by atoms with Crippen molar-refractivity contribution in [2.45, 2.75) is 19.9 Å². The van der Waals surface area contributed by atoms with Gasteiger partial charge in [-0.2, -0.15) is 0 Å². The van der Waals surface area contributed by atoms with Gasteiger partial charge in [0.1, 0.15) is 5.01 Å². The summed E-state index contributed by atoms with van der Waals surface area (Å²) in [7, 11) is 0. The van der Waals surface area contributed by atoms with Gasteiger partial charge in [0, 0.05) is 23.0 Å². The van der Waals surface area contributed by atoms with Crippen LogP contribution in [-0.4, -0.2) is 27.3 Å². The van der Waals surface area contributed by atoms with Gasteiger partial charge in [-0.1, -0.05) is 12.1 Å². The van der Waals surface area contributed by atoms with Crippen molar-refractivity contribution in [1.29, 1.82) is 0 Å². The van der Waals surface area contributed by atoms with Crippen molar-refractivity contribution < 1.29 is 4.79 Å². The van der Waals surface area contributed by atoms with Gasteiger partial charge in [-0.05, 0) is 30.5 Å². The summed E-state index contributed by atoms with van der Waals surface area (Å²) in [6.45, 7) is 3.38. The molecule has 3 aromatic heterocycles. The van der Waals surface area contributed by atoms with Gasteiger partial charge < -0.3 is 4.90 Å². The molecule has 0 N–H and O–H groups in total. The van der Waals surface area contributed by atoms with Crippen molar-refractivity contribution in [3.63, 3.8) is 0 Å². The average molecular weight is 343 g/mol. The van der Waals surface area contributed by atoms with Crippen molar-refractivity contribution in [2.24, 2.45) is 0 Å². The van der Waals surface area contributed by atoms with Gasteiger partial charge in [0.05, 0.1) is 24.4 Å². The number of carbonyl (C=O) groups excluding carboxylic acids is 1. The molecule has 3 rings (SSSR count). The zero-order chi connectivity index (χ0) is 16.1. The molecule has 0 fully saturated rings. The van der Waals surface area contributed by atoms with E-state index in [1.165, 1.54) is 16.2 Å². The SMILES string of the molecule is CCN(Cc1cccs1)C(=O)Cc1csc(-c2ccccn2)n1. The highest BCUT2D eigenvalue weighted by Crippen LogP contribution is 2.22. The zero-order valence-corrected chi connectivity index (χ0v) is 14.4. The lowest BCUT2D eigenvalue weighted by Gasteiger charge is -2.19. The maximum Gasteiger partial charge on any atom is 0.228 e. The van der Waals surface area contributed by atoms with E-state index in [0.717, 1.165) is 16.4 Å². The number of hydrogen-bond acceptors (Lipinski definition) is 5. The summed E-state index contributed by atoms with van der Waals surface area (Å²) in [6.07, 6.45) is 2.09. The molecule has 0 atom stereocenters. The van der Waals surface area contributed by atoms with E-state index in [1.807, 2.05) is 46.8 Å². The molecule has 0 unspecified atom stereocenters. The van der Waals surface area contributed by atoms with Crippen LogP contribution in [0.5, 0.6) is 0 Å². The number of thiazole rings is 1. The second-order valence-electron chi connectivity index (χ2n) is 5.02. The molecule has 4 nitrogen and oxygen atoms in total. The maximum atomic E-state index is 12.5. The third-order valence-electron chi connectivity index (χ3n) is 3.43. The Bertz CT molecular complexity index is 753. The molecule has 0 saturated heterocycles. The van der Waals surface area contributed by atoms with Crippen LogP contribution in [0.15, 0.2) is 47.3 Å². The van der Waals surface area contributed by atoms with Gasteiger partial charge in [0.25, 0.3) is 0 Å². The average Bonchev–Trinajstić information content (AvgIpc) is 3.25. The quantitative estimate of drug-likeness (QED) is 0.683. The molecule has 6 heteroatoms. The predicted molar refractivity (Wildman–Crippen MR) is 94.5 cm³/mol. The van der Waals surface area contributed by atoms with Gasteiger partial charge in [-0.3, -0.25) is 9.78 Å². The molecule has 118 valence electrons. The zero-order valence-electron chi connectivity index (χ0n) is 12.8. The lowest BCUT2D eigenvalue weighted by molar-refractivity contribution is -0.130. The first-order valence-corrected chi connectivity index (χ1v) is 9.18. The fourth-order valence-electron chi connectivity index (χ4n) is 2.23. The third kappa shape index (κ3) is 4.03. The van der Waals surface area contributed by atoms with E-state index in [2.05, 4.69) is 16.0 Å². The number of pyridine rings is 1. The lowest BCUT2D eigenvalue weighted by Crippen LogP contribution is -2.31. The number of likely N-dealkylation sites (N-methyl/N-ethyl adjacent to an activating group) is 1. The van der Waals surface area contributed by atoms with E-state index in [1.54, 1.807) is 17.5 Å². The highest BCUT2D eigenvalue weighted by molar-refractivity contribution is 7.13. The molecule has 3 aromatic rings. The van der Waals surface area contributed by atoms with Crippen LogP contribution in [0.1, 0.15) is 17.5 Å². The Morgan fingerprint density at radius 2 is 2.13 bits per heavy atom. The van der Waals surface area contributed by atoms with Crippen LogP contribution in [0.2, 0.25) is 0 Å². The first-order valence-electron chi connectivity index (χ1n) is 7.42. The van der Waals surface area contributed by atoms with E-state index in [4.69, 9.17) is 0 Å². The summed E-state index contributed by atoms with van der Waals surface area (Å²) < 4.78 is 0. The molecule has 0 radical (unpaired) electrons. The molecular formula is C17H17N3OS2. The minimum Gasteiger partial charge on any atom is -0.337 e. The molecule has 3 heterocycles. The molecule has 0 aliphatic rings. The van der Waals surface area contributed by atoms with E-state index in [9.17, 15) is 4.79 Å². The van der Waals surface area contributed by atoms with Crippen molar-refractivity contribution >= 4 is 28.6 Å². The molecule has 0 aromatic carbocycles. The van der Waals surface area contributed by atoms with Gasteiger partial charge in [-0.25, -0.2) is 4.98 Å². The Morgan fingerprint density at radius 1 is 1.22 bits per heavy atom. The maximum absolute atomic E-state index is 12.5. The summed E-state index contributed by atoms with van der Waals surface area (Å²) in [5, 5.41) is 4.84. The topological polar surface area (TPSA) is 46.1 Å². The number of rotatable bonds is 6. The third-order valence-corrected chi connectivity index (χ3v) is 5.20. The Morgan fingerprint density at radius 3 is 2.83 bits per heavy atom. The van der Waals surface area contributed by atoms with Gasteiger partial charge in [0.2, 0.25) is 5.91 Å². The minimum absolute atomic E-state index is 0.110. The molecule has 23 heavy (non-hydrogen) atoms. The summed E-state index contributed by atoms with van der Waals surface area (Å²) in [4.78, 5) is 24.4.